The molecule has 0 radical (unpaired) electrons. The minimum atomic E-state index is -3.46. The van der Waals surface area contributed by atoms with Crippen LogP contribution in [-0.2, 0) is 9.84 Å². The molecule has 2 aromatic heterocycles. The second kappa shape index (κ2) is 3.26. The molecule has 72 valence electrons. The average molecular weight is 208 g/mol. The Morgan fingerprint density at radius 2 is 2.00 bits per heavy atom. The first-order valence-electron chi connectivity index (χ1n) is 4.01. The standard InChI is InChI=1S/C9H8N2O2S/c12-14(13,9-5-3-7-11-9)8-4-1-2-6-10-8/h1-7,11H. The van der Waals surface area contributed by atoms with Crippen molar-refractivity contribution in [2.24, 2.45) is 0 Å². The lowest BCUT2D eigenvalue weighted by Gasteiger charge is -1.99. The highest BCUT2D eigenvalue weighted by Crippen LogP contribution is 2.15. The zero-order chi connectivity index (χ0) is 10.0. The highest BCUT2D eigenvalue weighted by Gasteiger charge is 2.18. The summed E-state index contributed by atoms with van der Waals surface area (Å²) >= 11 is 0. The summed E-state index contributed by atoms with van der Waals surface area (Å²) in [5.41, 5.74) is 0. The largest absolute Gasteiger partial charge is 0.352 e. The molecule has 0 aliphatic rings. The van der Waals surface area contributed by atoms with Crippen LogP contribution in [-0.4, -0.2) is 18.4 Å². The van der Waals surface area contributed by atoms with E-state index in [1.54, 1.807) is 24.4 Å². The van der Waals surface area contributed by atoms with E-state index in [-0.39, 0.29) is 10.1 Å². The molecular formula is C9H8N2O2S. The third-order valence-corrected chi connectivity index (χ3v) is 3.40. The summed E-state index contributed by atoms with van der Waals surface area (Å²) in [6.45, 7) is 0. The maximum atomic E-state index is 11.8. The zero-order valence-electron chi connectivity index (χ0n) is 7.21. The van der Waals surface area contributed by atoms with Crippen LogP contribution in [0.25, 0.3) is 0 Å². The molecule has 2 aromatic rings. The van der Waals surface area contributed by atoms with Crippen molar-refractivity contribution in [2.75, 3.05) is 0 Å². The Hall–Kier alpha value is -1.62. The van der Waals surface area contributed by atoms with Crippen LogP contribution in [0.5, 0.6) is 0 Å². The Labute approximate surface area is 81.5 Å². The minimum absolute atomic E-state index is 0.0578. The number of H-pyrrole nitrogens is 1. The molecule has 1 N–H and O–H groups in total. The number of hydrogen-bond donors (Lipinski definition) is 1. The first kappa shape index (κ1) is 8.96. The summed E-state index contributed by atoms with van der Waals surface area (Å²) in [7, 11) is -3.46. The van der Waals surface area contributed by atoms with Gasteiger partial charge in [0.15, 0.2) is 5.03 Å². The average Bonchev–Trinajstić information content (AvgIpc) is 2.72. The maximum Gasteiger partial charge on any atom is 0.239 e. The van der Waals surface area contributed by atoms with Crippen LogP contribution in [0.15, 0.2) is 52.8 Å². The Morgan fingerprint density at radius 1 is 1.14 bits per heavy atom. The van der Waals surface area contributed by atoms with Crippen molar-refractivity contribution >= 4 is 9.84 Å². The van der Waals surface area contributed by atoms with Crippen molar-refractivity contribution in [3.8, 4) is 0 Å². The second-order valence-corrected chi connectivity index (χ2v) is 4.57. The molecular weight excluding hydrogens is 200 g/mol. The van der Waals surface area contributed by atoms with Crippen LogP contribution in [0, 0.1) is 0 Å². The fourth-order valence-electron chi connectivity index (χ4n) is 1.10. The molecule has 0 saturated carbocycles. The van der Waals surface area contributed by atoms with Gasteiger partial charge < -0.3 is 4.98 Å². The topological polar surface area (TPSA) is 62.8 Å². The Morgan fingerprint density at radius 3 is 2.57 bits per heavy atom. The van der Waals surface area contributed by atoms with Gasteiger partial charge >= 0.3 is 0 Å². The Kier molecular flexibility index (Phi) is 2.09. The molecule has 5 heteroatoms. The van der Waals surface area contributed by atoms with Gasteiger partial charge in [-0.1, -0.05) is 6.07 Å². The van der Waals surface area contributed by atoms with Crippen molar-refractivity contribution in [2.45, 2.75) is 10.1 Å². The van der Waals surface area contributed by atoms with E-state index in [2.05, 4.69) is 9.97 Å². The molecule has 2 heterocycles. The number of hydrogen-bond acceptors (Lipinski definition) is 3. The molecule has 0 unspecified atom stereocenters. The van der Waals surface area contributed by atoms with E-state index in [9.17, 15) is 8.42 Å². The van der Waals surface area contributed by atoms with E-state index in [4.69, 9.17) is 0 Å². The molecule has 0 aliphatic heterocycles. The molecule has 0 spiro atoms. The van der Waals surface area contributed by atoms with Crippen LogP contribution in [0.3, 0.4) is 0 Å². The van der Waals surface area contributed by atoms with Gasteiger partial charge in [0.05, 0.1) is 0 Å². The number of aromatic amines is 1. The molecule has 0 atom stereocenters. The van der Waals surface area contributed by atoms with Crippen LogP contribution < -0.4 is 0 Å². The molecule has 4 nitrogen and oxygen atoms in total. The molecule has 0 aromatic carbocycles. The van der Waals surface area contributed by atoms with Crippen molar-refractivity contribution in [3.05, 3.63) is 42.7 Å². The number of pyridine rings is 1. The number of nitrogens with zero attached hydrogens (tertiary/aromatic N) is 1. The number of nitrogens with one attached hydrogen (secondary N) is 1. The van der Waals surface area contributed by atoms with Gasteiger partial charge in [-0.05, 0) is 24.3 Å². The van der Waals surface area contributed by atoms with Gasteiger partial charge in [-0.2, -0.15) is 0 Å². The molecule has 0 bridgehead atoms. The summed E-state index contributed by atoms with van der Waals surface area (Å²) in [4.78, 5) is 6.45. The third kappa shape index (κ3) is 1.42. The summed E-state index contributed by atoms with van der Waals surface area (Å²) in [6, 6.07) is 7.92. The van der Waals surface area contributed by atoms with E-state index >= 15 is 0 Å². The monoisotopic (exact) mass is 208 g/mol. The minimum Gasteiger partial charge on any atom is -0.352 e. The van der Waals surface area contributed by atoms with E-state index < -0.39 is 9.84 Å². The van der Waals surface area contributed by atoms with Gasteiger partial charge in [-0.3, -0.25) is 0 Å². The lowest BCUT2D eigenvalue weighted by Crippen LogP contribution is -2.03. The van der Waals surface area contributed by atoms with Crippen molar-refractivity contribution < 1.29 is 8.42 Å². The molecule has 0 amide bonds. The highest BCUT2D eigenvalue weighted by molar-refractivity contribution is 7.91. The van der Waals surface area contributed by atoms with Crippen LogP contribution >= 0.6 is 0 Å². The van der Waals surface area contributed by atoms with E-state index in [1.165, 1.54) is 18.3 Å². The van der Waals surface area contributed by atoms with Gasteiger partial charge in [-0.15, -0.1) is 0 Å². The number of rotatable bonds is 2. The smallest absolute Gasteiger partial charge is 0.239 e. The molecule has 14 heavy (non-hydrogen) atoms. The zero-order valence-corrected chi connectivity index (χ0v) is 8.03. The summed E-state index contributed by atoms with van der Waals surface area (Å²) in [5.74, 6) is 0. The van der Waals surface area contributed by atoms with Gasteiger partial charge in [0, 0.05) is 12.4 Å². The van der Waals surface area contributed by atoms with E-state index in [1.807, 2.05) is 0 Å². The van der Waals surface area contributed by atoms with Gasteiger partial charge in [0.1, 0.15) is 5.03 Å². The number of aromatic nitrogens is 2. The fraction of sp³-hybridized carbons (Fsp3) is 0. The lowest BCUT2D eigenvalue weighted by atomic mass is 10.5. The SMILES string of the molecule is O=S(=O)(c1ccccn1)c1ccc[nH]1. The fourth-order valence-corrected chi connectivity index (χ4v) is 2.26. The first-order valence-corrected chi connectivity index (χ1v) is 5.49. The summed E-state index contributed by atoms with van der Waals surface area (Å²) in [5, 5.41) is 0.221. The van der Waals surface area contributed by atoms with Crippen molar-refractivity contribution in [3.63, 3.8) is 0 Å². The molecule has 0 saturated heterocycles. The van der Waals surface area contributed by atoms with Crippen LogP contribution in [0.4, 0.5) is 0 Å². The van der Waals surface area contributed by atoms with Gasteiger partial charge in [0.2, 0.25) is 9.84 Å². The predicted molar refractivity (Wildman–Crippen MR) is 50.5 cm³/mol. The van der Waals surface area contributed by atoms with Crippen molar-refractivity contribution in [1.29, 1.82) is 0 Å². The third-order valence-electron chi connectivity index (χ3n) is 1.77. The van der Waals surface area contributed by atoms with E-state index in [0.717, 1.165) is 0 Å². The highest BCUT2D eigenvalue weighted by atomic mass is 32.2. The first-order chi connectivity index (χ1) is 6.71. The number of sulfone groups is 1. The lowest BCUT2D eigenvalue weighted by molar-refractivity contribution is 0.589. The Bertz CT molecular complexity index is 503. The quantitative estimate of drug-likeness (QED) is 0.807. The molecule has 0 aliphatic carbocycles. The van der Waals surface area contributed by atoms with E-state index in [0.29, 0.717) is 0 Å². The second-order valence-electron chi connectivity index (χ2n) is 2.71. The maximum absolute atomic E-state index is 11.8. The van der Waals surface area contributed by atoms with Crippen LogP contribution in [0.1, 0.15) is 0 Å². The van der Waals surface area contributed by atoms with Crippen molar-refractivity contribution in [1.82, 2.24) is 9.97 Å². The predicted octanol–water partition coefficient (Wildman–Crippen LogP) is 1.24. The van der Waals surface area contributed by atoms with Gasteiger partial charge in [0.25, 0.3) is 0 Å². The normalized spacial score (nSPS) is 11.4. The molecule has 0 fully saturated rings. The molecule has 2 rings (SSSR count). The summed E-state index contributed by atoms with van der Waals surface area (Å²) < 4.78 is 23.6. The Balaban J connectivity index is 2.55. The van der Waals surface area contributed by atoms with Crippen LogP contribution in [0.2, 0.25) is 0 Å². The van der Waals surface area contributed by atoms with Gasteiger partial charge in [-0.25, -0.2) is 13.4 Å². The summed E-state index contributed by atoms with van der Waals surface area (Å²) in [6.07, 6.45) is 3.02.